The minimum Gasteiger partial charge on any atom is -0.350 e. The number of piperazine rings is 1. The van der Waals surface area contributed by atoms with Gasteiger partial charge in [0.05, 0.1) is 11.4 Å². The van der Waals surface area contributed by atoms with Gasteiger partial charge in [-0.1, -0.05) is 24.3 Å². The van der Waals surface area contributed by atoms with Gasteiger partial charge >= 0.3 is 0 Å². The first-order chi connectivity index (χ1) is 15.9. The first-order valence-electron chi connectivity index (χ1n) is 10.9. The van der Waals surface area contributed by atoms with Crippen LogP contribution in [0.4, 0.5) is 14.6 Å². The molecular formula is C25H24ClF2N5. The number of aromatic nitrogens is 3. The Bertz CT molecular complexity index is 1210. The highest BCUT2D eigenvalue weighted by Gasteiger charge is 2.36. The third-order valence-electron chi connectivity index (χ3n) is 6.38. The summed E-state index contributed by atoms with van der Waals surface area (Å²) in [5.41, 5.74) is 2.64. The first-order valence-corrected chi connectivity index (χ1v) is 11.3. The second kappa shape index (κ2) is 8.72. The van der Waals surface area contributed by atoms with Gasteiger partial charge in [-0.05, 0) is 66.9 Å². The molecule has 4 aromatic rings. The lowest BCUT2D eigenvalue weighted by atomic mass is 9.93. The quantitative estimate of drug-likeness (QED) is 0.398. The maximum Gasteiger partial charge on any atom is 0.226 e. The van der Waals surface area contributed by atoms with Crippen LogP contribution >= 0.6 is 11.6 Å². The number of fused-ring (bicyclic) bond motifs is 1. The lowest BCUT2D eigenvalue weighted by Crippen LogP contribution is -2.57. The monoisotopic (exact) mass is 467 g/mol. The average Bonchev–Trinajstić information content (AvgIpc) is 3.26. The molecule has 0 spiro atoms. The van der Waals surface area contributed by atoms with Gasteiger partial charge in [0, 0.05) is 31.4 Å². The number of rotatable bonds is 4. The molecule has 2 atom stereocenters. The molecule has 2 aromatic heterocycles. The molecule has 0 unspecified atom stereocenters. The van der Waals surface area contributed by atoms with E-state index < -0.39 is 0 Å². The number of nitrogens with one attached hydrogen (secondary N) is 1. The van der Waals surface area contributed by atoms with Crippen LogP contribution in [-0.2, 0) is 0 Å². The highest BCUT2D eigenvalue weighted by atomic mass is 35.5. The zero-order valence-electron chi connectivity index (χ0n) is 18.3. The zero-order valence-corrected chi connectivity index (χ0v) is 19.1. The van der Waals surface area contributed by atoms with Crippen molar-refractivity contribution in [3.63, 3.8) is 0 Å². The molecular weight excluding hydrogens is 444 g/mol. The molecule has 0 aliphatic carbocycles. The highest BCUT2D eigenvalue weighted by molar-refractivity contribution is 6.28. The topological polar surface area (TPSA) is 48.1 Å². The molecule has 2 aromatic carbocycles. The molecule has 0 radical (unpaired) electrons. The van der Waals surface area contributed by atoms with Gasteiger partial charge in [0.1, 0.15) is 23.1 Å². The van der Waals surface area contributed by atoms with Crippen LogP contribution < -0.4 is 4.90 Å². The van der Waals surface area contributed by atoms with Crippen molar-refractivity contribution in [2.75, 3.05) is 18.0 Å². The van der Waals surface area contributed by atoms with Gasteiger partial charge in [0.15, 0.2) is 0 Å². The van der Waals surface area contributed by atoms with Crippen molar-refractivity contribution in [1.29, 1.82) is 0 Å². The van der Waals surface area contributed by atoms with E-state index >= 15 is 0 Å². The Morgan fingerprint density at radius 1 is 0.879 bits per heavy atom. The average molecular weight is 468 g/mol. The van der Waals surface area contributed by atoms with Crippen LogP contribution in [0.25, 0.3) is 11.0 Å². The van der Waals surface area contributed by atoms with Crippen LogP contribution in [0.3, 0.4) is 0 Å². The summed E-state index contributed by atoms with van der Waals surface area (Å²) in [5.74, 6) is 0.253. The number of aromatic amines is 1. The van der Waals surface area contributed by atoms with Crippen LogP contribution in [-0.4, -0.2) is 45.0 Å². The van der Waals surface area contributed by atoms with E-state index in [2.05, 4.69) is 38.6 Å². The van der Waals surface area contributed by atoms with E-state index in [0.29, 0.717) is 12.2 Å². The number of benzene rings is 2. The fraction of sp³-hybridized carbons (Fsp3) is 0.280. The first kappa shape index (κ1) is 21.8. The molecule has 3 heterocycles. The molecule has 33 heavy (non-hydrogen) atoms. The van der Waals surface area contributed by atoms with E-state index in [-0.39, 0.29) is 35.0 Å². The van der Waals surface area contributed by atoms with Crippen molar-refractivity contribution < 1.29 is 8.78 Å². The van der Waals surface area contributed by atoms with Gasteiger partial charge < -0.3 is 9.88 Å². The lowest BCUT2D eigenvalue weighted by Gasteiger charge is -2.48. The molecule has 170 valence electrons. The predicted octanol–water partition coefficient (Wildman–Crippen LogP) is 5.58. The van der Waals surface area contributed by atoms with Crippen molar-refractivity contribution in [2.45, 2.75) is 32.0 Å². The summed E-state index contributed by atoms with van der Waals surface area (Å²) in [7, 11) is 0. The summed E-state index contributed by atoms with van der Waals surface area (Å²) in [6.45, 7) is 5.76. The van der Waals surface area contributed by atoms with Crippen molar-refractivity contribution in [3.05, 3.63) is 88.8 Å². The van der Waals surface area contributed by atoms with Gasteiger partial charge in [0.25, 0.3) is 0 Å². The summed E-state index contributed by atoms with van der Waals surface area (Å²) in [5, 5.41) is 1.14. The van der Waals surface area contributed by atoms with Gasteiger partial charge in [-0.15, -0.1) is 0 Å². The molecule has 1 aliphatic rings. The van der Waals surface area contributed by atoms with Crippen LogP contribution in [0, 0.1) is 11.6 Å². The van der Waals surface area contributed by atoms with Gasteiger partial charge in [0.2, 0.25) is 5.28 Å². The summed E-state index contributed by atoms with van der Waals surface area (Å²) in [6.07, 6.45) is 1.84. The number of H-pyrrole nitrogens is 1. The number of halogens is 3. The Hall–Kier alpha value is -3.03. The Labute approximate surface area is 196 Å². The molecule has 5 nitrogen and oxygen atoms in total. The Morgan fingerprint density at radius 2 is 1.48 bits per heavy atom. The molecule has 5 rings (SSSR count). The Balaban J connectivity index is 1.51. The van der Waals surface area contributed by atoms with E-state index in [1.807, 2.05) is 12.3 Å². The Kier molecular flexibility index (Phi) is 5.76. The van der Waals surface area contributed by atoms with Crippen molar-refractivity contribution in [3.8, 4) is 0 Å². The minimum atomic E-state index is -0.279. The summed E-state index contributed by atoms with van der Waals surface area (Å²) in [4.78, 5) is 16.6. The maximum absolute atomic E-state index is 13.7. The van der Waals surface area contributed by atoms with Gasteiger partial charge in [-0.25, -0.2) is 8.78 Å². The van der Waals surface area contributed by atoms with Gasteiger partial charge in [-0.3, -0.25) is 4.90 Å². The van der Waals surface area contributed by atoms with Crippen molar-refractivity contribution in [2.24, 2.45) is 0 Å². The van der Waals surface area contributed by atoms with Gasteiger partial charge in [-0.2, -0.15) is 9.97 Å². The fourth-order valence-corrected chi connectivity index (χ4v) is 4.96. The van der Waals surface area contributed by atoms with Crippen LogP contribution in [0.1, 0.15) is 31.0 Å². The van der Waals surface area contributed by atoms with Crippen molar-refractivity contribution >= 4 is 28.5 Å². The van der Waals surface area contributed by atoms with E-state index in [4.69, 9.17) is 11.6 Å². The molecule has 0 saturated carbocycles. The van der Waals surface area contributed by atoms with E-state index in [9.17, 15) is 8.78 Å². The minimum absolute atomic E-state index is 0.119. The normalized spacial score (nSPS) is 19.5. The molecule has 8 heteroatoms. The number of hydrogen-bond acceptors (Lipinski definition) is 4. The molecule has 0 bridgehead atoms. The molecule has 1 saturated heterocycles. The van der Waals surface area contributed by atoms with E-state index in [1.54, 1.807) is 24.3 Å². The van der Waals surface area contributed by atoms with Crippen molar-refractivity contribution in [1.82, 2.24) is 19.9 Å². The fourth-order valence-electron chi connectivity index (χ4n) is 4.79. The summed E-state index contributed by atoms with van der Waals surface area (Å²) in [6, 6.07) is 15.2. The van der Waals surface area contributed by atoms with Crippen LogP contribution in [0.5, 0.6) is 0 Å². The SMILES string of the molecule is C[C@@H]1CN(c2nc(Cl)nc3[nH]ccc23)[C@@H](C)CN1C(c1ccc(F)cc1)c1ccc(F)cc1. The number of hydrogen-bond donors (Lipinski definition) is 1. The summed E-state index contributed by atoms with van der Waals surface area (Å²) < 4.78 is 27.3. The zero-order chi connectivity index (χ0) is 23.1. The van der Waals surface area contributed by atoms with Crippen LogP contribution in [0.15, 0.2) is 60.8 Å². The lowest BCUT2D eigenvalue weighted by molar-refractivity contribution is 0.129. The second-order valence-corrected chi connectivity index (χ2v) is 8.95. The third kappa shape index (κ3) is 4.18. The third-order valence-corrected chi connectivity index (χ3v) is 6.55. The Morgan fingerprint density at radius 3 is 2.09 bits per heavy atom. The second-order valence-electron chi connectivity index (χ2n) is 8.61. The maximum atomic E-state index is 13.7. The van der Waals surface area contributed by atoms with E-state index in [0.717, 1.165) is 28.9 Å². The number of anilines is 1. The smallest absolute Gasteiger partial charge is 0.226 e. The van der Waals surface area contributed by atoms with E-state index in [1.165, 1.54) is 24.3 Å². The number of nitrogens with zero attached hydrogens (tertiary/aromatic N) is 4. The standard InChI is InChI=1S/C25H24ClF2N5/c1-15-14-33(24-21-11-12-29-23(21)30-25(26)31-24)16(2)13-32(15)22(17-3-7-19(27)8-4-17)18-5-9-20(28)10-6-18/h3-12,15-16,22H,13-14H2,1-2H3,(H,29,30,31)/t15-,16+/m1/s1. The summed E-state index contributed by atoms with van der Waals surface area (Å²) >= 11 is 6.21. The predicted molar refractivity (Wildman–Crippen MR) is 127 cm³/mol. The molecule has 0 amide bonds. The molecule has 1 aliphatic heterocycles. The van der Waals surface area contributed by atoms with Crippen LogP contribution in [0.2, 0.25) is 5.28 Å². The largest absolute Gasteiger partial charge is 0.350 e. The highest BCUT2D eigenvalue weighted by Crippen LogP contribution is 2.36. The molecule has 1 N–H and O–H groups in total. The molecule has 1 fully saturated rings.